The molecule has 1 aromatic carbocycles. The fourth-order valence-electron chi connectivity index (χ4n) is 0.864. The number of hydrogen-bond acceptors (Lipinski definition) is 1. The summed E-state index contributed by atoms with van der Waals surface area (Å²) in [5, 5.41) is 0. The van der Waals surface area contributed by atoms with Crippen LogP contribution in [-0.2, 0) is 0 Å². The van der Waals surface area contributed by atoms with Gasteiger partial charge in [0.1, 0.15) is 11.6 Å². The molecule has 0 bridgehead atoms. The summed E-state index contributed by atoms with van der Waals surface area (Å²) in [5.74, 6) is -0.917. The SMILES string of the molecule is CC(N)c1cc(F)ccc1F.Cl. The van der Waals surface area contributed by atoms with E-state index in [1.807, 2.05) is 0 Å². The molecule has 1 nitrogen and oxygen atoms in total. The Morgan fingerprint density at radius 2 is 1.92 bits per heavy atom. The number of hydrogen-bond donors (Lipinski definition) is 1. The van der Waals surface area contributed by atoms with E-state index in [0.29, 0.717) is 0 Å². The van der Waals surface area contributed by atoms with E-state index in [0.717, 1.165) is 18.2 Å². The van der Waals surface area contributed by atoms with Gasteiger partial charge in [-0.1, -0.05) is 0 Å². The molecule has 0 fully saturated rings. The van der Waals surface area contributed by atoms with Crippen LogP contribution in [0.5, 0.6) is 0 Å². The Hall–Kier alpha value is -0.670. The van der Waals surface area contributed by atoms with Crippen molar-refractivity contribution in [3.8, 4) is 0 Å². The van der Waals surface area contributed by atoms with Gasteiger partial charge < -0.3 is 5.73 Å². The second kappa shape index (κ2) is 4.38. The van der Waals surface area contributed by atoms with E-state index in [1.54, 1.807) is 6.92 Å². The largest absolute Gasteiger partial charge is 0.324 e. The van der Waals surface area contributed by atoms with Crippen LogP contribution in [0.15, 0.2) is 18.2 Å². The normalized spacial score (nSPS) is 12.0. The average Bonchev–Trinajstić information content (AvgIpc) is 1.94. The molecule has 0 heterocycles. The molecule has 12 heavy (non-hydrogen) atoms. The fourth-order valence-corrected chi connectivity index (χ4v) is 0.864. The summed E-state index contributed by atoms with van der Waals surface area (Å²) in [7, 11) is 0. The smallest absolute Gasteiger partial charge is 0.128 e. The van der Waals surface area contributed by atoms with E-state index in [4.69, 9.17) is 5.73 Å². The molecule has 0 aromatic heterocycles. The van der Waals surface area contributed by atoms with Crippen LogP contribution in [0.4, 0.5) is 8.78 Å². The molecule has 0 aliphatic heterocycles. The monoisotopic (exact) mass is 193 g/mol. The van der Waals surface area contributed by atoms with Crippen molar-refractivity contribution < 1.29 is 8.78 Å². The third kappa shape index (κ3) is 2.43. The van der Waals surface area contributed by atoms with Gasteiger partial charge in [0.15, 0.2) is 0 Å². The lowest BCUT2D eigenvalue weighted by atomic mass is 10.1. The zero-order valence-corrected chi connectivity index (χ0v) is 7.37. The first-order valence-corrected chi connectivity index (χ1v) is 3.32. The zero-order chi connectivity index (χ0) is 8.43. The van der Waals surface area contributed by atoms with E-state index >= 15 is 0 Å². The molecule has 1 rings (SSSR count). The topological polar surface area (TPSA) is 26.0 Å². The number of benzene rings is 1. The Morgan fingerprint density at radius 3 is 2.33 bits per heavy atom. The lowest BCUT2D eigenvalue weighted by Crippen LogP contribution is -2.07. The second-order valence-electron chi connectivity index (χ2n) is 2.45. The van der Waals surface area contributed by atoms with Crippen molar-refractivity contribution in [1.29, 1.82) is 0 Å². The molecule has 0 saturated carbocycles. The van der Waals surface area contributed by atoms with Gasteiger partial charge in [-0.25, -0.2) is 8.78 Å². The van der Waals surface area contributed by atoms with Crippen LogP contribution >= 0.6 is 12.4 Å². The highest BCUT2D eigenvalue weighted by Gasteiger charge is 2.06. The van der Waals surface area contributed by atoms with Crippen molar-refractivity contribution in [2.45, 2.75) is 13.0 Å². The van der Waals surface area contributed by atoms with Gasteiger partial charge in [-0.3, -0.25) is 0 Å². The van der Waals surface area contributed by atoms with Crippen molar-refractivity contribution >= 4 is 12.4 Å². The van der Waals surface area contributed by atoms with Crippen LogP contribution in [0.25, 0.3) is 0 Å². The van der Waals surface area contributed by atoms with Crippen LogP contribution in [0.1, 0.15) is 18.5 Å². The van der Waals surface area contributed by atoms with Crippen molar-refractivity contribution in [2.24, 2.45) is 5.73 Å². The van der Waals surface area contributed by atoms with Crippen LogP contribution in [0, 0.1) is 11.6 Å². The highest BCUT2D eigenvalue weighted by atomic mass is 35.5. The van der Waals surface area contributed by atoms with Crippen molar-refractivity contribution in [3.05, 3.63) is 35.4 Å². The molecule has 2 N–H and O–H groups in total. The van der Waals surface area contributed by atoms with Gasteiger partial charge in [0.05, 0.1) is 0 Å². The molecule has 68 valence electrons. The fraction of sp³-hybridized carbons (Fsp3) is 0.250. The van der Waals surface area contributed by atoms with Gasteiger partial charge in [-0.2, -0.15) is 0 Å². The van der Waals surface area contributed by atoms with Gasteiger partial charge in [0.2, 0.25) is 0 Å². The van der Waals surface area contributed by atoms with E-state index in [2.05, 4.69) is 0 Å². The second-order valence-corrected chi connectivity index (χ2v) is 2.45. The summed E-state index contributed by atoms with van der Waals surface area (Å²) in [6.07, 6.45) is 0. The standard InChI is InChI=1S/C8H9F2N.ClH/c1-5(11)7-4-6(9)2-3-8(7)10;/h2-5H,11H2,1H3;1H. The summed E-state index contributed by atoms with van der Waals surface area (Å²) >= 11 is 0. The zero-order valence-electron chi connectivity index (χ0n) is 6.55. The summed E-state index contributed by atoms with van der Waals surface area (Å²) in [6, 6.07) is 2.79. The summed E-state index contributed by atoms with van der Waals surface area (Å²) in [5.41, 5.74) is 5.59. The Bertz CT molecular complexity index is 263. The van der Waals surface area contributed by atoms with Gasteiger partial charge in [-0.05, 0) is 25.1 Å². The highest BCUT2D eigenvalue weighted by Crippen LogP contribution is 2.15. The molecule has 0 aliphatic rings. The first-order chi connectivity index (χ1) is 5.11. The minimum absolute atomic E-state index is 0. The predicted molar refractivity (Wildman–Crippen MR) is 46.2 cm³/mol. The number of rotatable bonds is 1. The molecule has 0 spiro atoms. The minimum atomic E-state index is -0.467. The highest BCUT2D eigenvalue weighted by molar-refractivity contribution is 5.85. The maximum Gasteiger partial charge on any atom is 0.128 e. The first kappa shape index (κ1) is 11.3. The Kier molecular flexibility index (Phi) is 4.13. The summed E-state index contributed by atoms with van der Waals surface area (Å²) in [6.45, 7) is 1.61. The van der Waals surface area contributed by atoms with E-state index in [9.17, 15) is 8.78 Å². The molecule has 1 aromatic rings. The van der Waals surface area contributed by atoms with Gasteiger partial charge >= 0.3 is 0 Å². The predicted octanol–water partition coefficient (Wildman–Crippen LogP) is 2.41. The van der Waals surface area contributed by atoms with E-state index in [-0.39, 0.29) is 18.0 Å². The summed E-state index contributed by atoms with van der Waals surface area (Å²) < 4.78 is 25.3. The molecule has 4 heteroatoms. The van der Waals surface area contributed by atoms with Crippen LogP contribution in [0.2, 0.25) is 0 Å². The third-order valence-electron chi connectivity index (χ3n) is 1.45. The lowest BCUT2D eigenvalue weighted by Gasteiger charge is -2.05. The lowest BCUT2D eigenvalue weighted by molar-refractivity contribution is 0.572. The molecule has 1 atom stereocenters. The van der Waals surface area contributed by atoms with E-state index < -0.39 is 17.7 Å². The first-order valence-electron chi connectivity index (χ1n) is 3.32. The van der Waals surface area contributed by atoms with E-state index in [1.165, 1.54) is 0 Å². The number of nitrogens with two attached hydrogens (primary N) is 1. The molecular formula is C8H10ClF2N. The van der Waals surface area contributed by atoms with Crippen LogP contribution in [-0.4, -0.2) is 0 Å². The Balaban J connectivity index is 0.00000121. The van der Waals surface area contributed by atoms with Crippen LogP contribution in [0.3, 0.4) is 0 Å². The minimum Gasteiger partial charge on any atom is -0.324 e. The van der Waals surface area contributed by atoms with Crippen molar-refractivity contribution in [1.82, 2.24) is 0 Å². The van der Waals surface area contributed by atoms with Crippen molar-refractivity contribution in [3.63, 3.8) is 0 Å². The molecule has 0 saturated heterocycles. The Labute approximate surface area is 76.0 Å². The average molecular weight is 194 g/mol. The Morgan fingerprint density at radius 1 is 1.33 bits per heavy atom. The molecule has 0 radical (unpaired) electrons. The molecular weight excluding hydrogens is 184 g/mol. The summed E-state index contributed by atoms with van der Waals surface area (Å²) in [4.78, 5) is 0. The molecule has 0 aliphatic carbocycles. The quantitative estimate of drug-likeness (QED) is 0.728. The maximum absolute atomic E-state index is 12.8. The van der Waals surface area contributed by atoms with Gasteiger partial charge in [0.25, 0.3) is 0 Å². The van der Waals surface area contributed by atoms with Crippen molar-refractivity contribution in [2.75, 3.05) is 0 Å². The van der Waals surface area contributed by atoms with Gasteiger partial charge in [0, 0.05) is 11.6 Å². The third-order valence-corrected chi connectivity index (χ3v) is 1.45. The molecule has 0 amide bonds. The van der Waals surface area contributed by atoms with Gasteiger partial charge in [-0.15, -0.1) is 12.4 Å². The van der Waals surface area contributed by atoms with Crippen LogP contribution < -0.4 is 5.73 Å². The number of halogens is 3. The molecule has 1 unspecified atom stereocenters. The maximum atomic E-state index is 12.8.